The second-order valence-corrected chi connectivity index (χ2v) is 12.5. The Balaban J connectivity index is 1.32. The van der Waals surface area contributed by atoms with Crippen LogP contribution in [0, 0.1) is 17.2 Å². The first-order valence-electron chi connectivity index (χ1n) is 14.8. The minimum Gasteiger partial charge on any atom is -0.384 e. The van der Waals surface area contributed by atoms with Crippen molar-refractivity contribution in [2.75, 3.05) is 13.6 Å². The lowest BCUT2D eigenvalue weighted by Gasteiger charge is -2.41. The molecule has 0 spiro atoms. The van der Waals surface area contributed by atoms with E-state index in [4.69, 9.17) is 11.1 Å². The van der Waals surface area contributed by atoms with Gasteiger partial charge in [-0.2, -0.15) is 0 Å². The highest BCUT2D eigenvalue weighted by atomic mass is 15.1. The van der Waals surface area contributed by atoms with E-state index in [-0.39, 0.29) is 5.84 Å². The minimum atomic E-state index is 0.126. The molecule has 0 amide bonds. The summed E-state index contributed by atoms with van der Waals surface area (Å²) in [5, 5.41) is 10.3. The number of likely N-dealkylation sites (N-methyl/N-ethyl adjacent to an activating group) is 1. The van der Waals surface area contributed by atoms with Gasteiger partial charge in [0.15, 0.2) is 0 Å². The highest BCUT2D eigenvalue weighted by Crippen LogP contribution is 2.56. The monoisotopic (exact) mass is 505 g/mol. The molecule has 2 aliphatic carbocycles. The average Bonchev–Trinajstić information content (AvgIpc) is 3.72. The molecule has 0 aromatic heterocycles. The van der Waals surface area contributed by atoms with Crippen LogP contribution in [0.25, 0.3) is 16.8 Å². The van der Waals surface area contributed by atoms with Crippen LogP contribution in [0.2, 0.25) is 0 Å². The third kappa shape index (κ3) is 4.94. The zero-order valence-corrected chi connectivity index (χ0v) is 23.3. The van der Waals surface area contributed by atoms with Crippen LogP contribution in [-0.4, -0.2) is 24.3 Å². The van der Waals surface area contributed by atoms with Gasteiger partial charge in [0.25, 0.3) is 0 Å². The molecule has 3 aromatic rings. The molecule has 3 nitrogen and oxygen atoms in total. The maximum Gasteiger partial charge on any atom is 0.122 e. The van der Waals surface area contributed by atoms with Crippen LogP contribution in [0.4, 0.5) is 0 Å². The predicted molar refractivity (Wildman–Crippen MR) is 161 cm³/mol. The van der Waals surface area contributed by atoms with E-state index in [9.17, 15) is 0 Å². The Morgan fingerprint density at radius 3 is 2.53 bits per heavy atom. The maximum absolute atomic E-state index is 7.91. The number of benzene rings is 3. The van der Waals surface area contributed by atoms with Gasteiger partial charge in [0.05, 0.1) is 0 Å². The van der Waals surface area contributed by atoms with Gasteiger partial charge in [-0.15, -0.1) is 0 Å². The molecule has 1 aliphatic heterocycles. The van der Waals surface area contributed by atoms with Crippen LogP contribution in [0.5, 0.6) is 0 Å². The zero-order chi connectivity index (χ0) is 26.4. The molecular weight excluding hydrogens is 462 g/mol. The Labute approximate surface area is 228 Å². The molecule has 198 valence electrons. The lowest BCUT2D eigenvalue weighted by atomic mass is 9.77. The minimum absolute atomic E-state index is 0.126. The average molecular weight is 506 g/mol. The summed E-state index contributed by atoms with van der Waals surface area (Å²) in [6.45, 7) is 5.62. The van der Waals surface area contributed by atoms with Crippen molar-refractivity contribution in [3.8, 4) is 0 Å². The van der Waals surface area contributed by atoms with Crippen LogP contribution in [0.15, 0.2) is 54.6 Å². The fourth-order valence-electron chi connectivity index (χ4n) is 7.24. The zero-order valence-electron chi connectivity index (χ0n) is 23.3. The van der Waals surface area contributed by atoms with E-state index in [0.717, 1.165) is 11.5 Å². The first-order chi connectivity index (χ1) is 18.4. The van der Waals surface area contributed by atoms with Crippen molar-refractivity contribution in [3.05, 3.63) is 88.0 Å². The summed E-state index contributed by atoms with van der Waals surface area (Å²) in [6.07, 6.45) is 13.9. The molecule has 3 atom stereocenters. The highest BCUT2D eigenvalue weighted by Gasteiger charge is 2.41. The summed E-state index contributed by atoms with van der Waals surface area (Å²) in [7, 11) is 2.35. The number of nitrogen functional groups attached to an aromatic ring is 1. The fourth-order valence-corrected chi connectivity index (χ4v) is 7.24. The number of fused-ring (bicyclic) bond motifs is 2. The Hall–Kier alpha value is -2.91. The number of hydrogen-bond acceptors (Lipinski definition) is 2. The van der Waals surface area contributed by atoms with Gasteiger partial charge in [0.1, 0.15) is 5.84 Å². The van der Waals surface area contributed by atoms with Gasteiger partial charge >= 0.3 is 0 Å². The summed E-state index contributed by atoms with van der Waals surface area (Å²) in [4.78, 5) is 2.65. The van der Waals surface area contributed by atoms with E-state index in [1.807, 2.05) is 6.07 Å². The van der Waals surface area contributed by atoms with Crippen LogP contribution in [0.3, 0.4) is 0 Å². The second kappa shape index (κ2) is 10.3. The largest absolute Gasteiger partial charge is 0.384 e. The van der Waals surface area contributed by atoms with Gasteiger partial charge in [-0.25, -0.2) is 0 Å². The molecule has 0 bridgehead atoms. The van der Waals surface area contributed by atoms with E-state index >= 15 is 0 Å². The van der Waals surface area contributed by atoms with E-state index in [2.05, 4.69) is 80.4 Å². The van der Waals surface area contributed by atoms with Gasteiger partial charge in [0.2, 0.25) is 0 Å². The molecule has 2 fully saturated rings. The Morgan fingerprint density at radius 1 is 0.974 bits per heavy atom. The summed E-state index contributed by atoms with van der Waals surface area (Å²) in [5.74, 6) is 2.61. The van der Waals surface area contributed by atoms with Crippen molar-refractivity contribution >= 4 is 22.7 Å². The number of rotatable bonds is 6. The van der Waals surface area contributed by atoms with Gasteiger partial charge in [-0.3, -0.25) is 10.3 Å². The number of nitrogens with one attached hydrogen (secondary N) is 1. The molecule has 3 aromatic carbocycles. The first-order valence-corrected chi connectivity index (χ1v) is 14.8. The summed E-state index contributed by atoms with van der Waals surface area (Å²) < 4.78 is 0. The Kier molecular flexibility index (Phi) is 6.90. The third-order valence-electron chi connectivity index (χ3n) is 9.42. The molecular formula is C35H43N3. The fraction of sp³-hybridized carbons (Fsp3) is 0.457. The smallest absolute Gasteiger partial charge is 0.122 e. The van der Waals surface area contributed by atoms with Crippen molar-refractivity contribution in [3.63, 3.8) is 0 Å². The highest BCUT2D eigenvalue weighted by molar-refractivity contribution is 6.01. The quantitative estimate of drug-likeness (QED) is 0.262. The Morgan fingerprint density at radius 2 is 1.76 bits per heavy atom. The maximum atomic E-state index is 7.91. The van der Waals surface area contributed by atoms with E-state index < -0.39 is 0 Å². The number of nitrogens with zero attached hydrogens (tertiary/aromatic N) is 1. The van der Waals surface area contributed by atoms with Crippen molar-refractivity contribution < 1.29 is 0 Å². The number of nitrogens with two attached hydrogens (primary N) is 1. The molecule has 3 N–H and O–H groups in total. The molecule has 1 heterocycles. The van der Waals surface area contributed by atoms with E-state index in [1.165, 1.54) is 79.0 Å². The summed E-state index contributed by atoms with van der Waals surface area (Å²) >= 11 is 0. The lowest BCUT2D eigenvalue weighted by molar-refractivity contribution is 0.134. The SMILES string of the molecule is CC(C)/C=C/c1cc(C2CC2c2ccc3c(c2)C(C2CCCCC2)N(C)CC3)cc2ccc(C(=N)N)cc12. The molecule has 3 heteroatoms. The number of amidine groups is 1. The van der Waals surface area contributed by atoms with Crippen LogP contribution < -0.4 is 5.73 Å². The van der Waals surface area contributed by atoms with Crippen LogP contribution >= 0.6 is 0 Å². The van der Waals surface area contributed by atoms with Crippen LogP contribution in [-0.2, 0) is 6.42 Å². The van der Waals surface area contributed by atoms with Gasteiger partial charge < -0.3 is 5.73 Å². The standard InChI is InChI=1S/C35H43N3/c1-22(2)9-10-25-17-29(18-26-13-14-28(35(36)37)20-30(25)26)32-21-31(32)27-12-11-23-15-16-38(3)34(33(23)19-27)24-7-5-4-6-8-24/h9-14,17-20,22,24,31-32,34H,4-8,15-16,21H2,1-3H3,(H3,36,37)/b10-9+. The van der Waals surface area contributed by atoms with Gasteiger partial charge in [0, 0.05) is 18.2 Å². The lowest BCUT2D eigenvalue weighted by Crippen LogP contribution is -2.37. The second-order valence-electron chi connectivity index (χ2n) is 12.5. The molecule has 38 heavy (non-hydrogen) atoms. The van der Waals surface area contributed by atoms with Crippen molar-refractivity contribution in [1.29, 1.82) is 5.41 Å². The van der Waals surface area contributed by atoms with E-state index in [1.54, 1.807) is 11.1 Å². The van der Waals surface area contributed by atoms with Crippen LogP contribution in [0.1, 0.15) is 104 Å². The van der Waals surface area contributed by atoms with Gasteiger partial charge in [-0.05, 0) is 101 Å². The number of allylic oxidation sites excluding steroid dienone is 1. The summed E-state index contributed by atoms with van der Waals surface area (Å²) in [6, 6.07) is 19.1. The Bertz CT molecular complexity index is 1380. The molecule has 0 radical (unpaired) electrons. The molecule has 2 saturated carbocycles. The topological polar surface area (TPSA) is 53.1 Å². The third-order valence-corrected chi connectivity index (χ3v) is 9.42. The van der Waals surface area contributed by atoms with Gasteiger partial charge in [-0.1, -0.05) is 87.7 Å². The number of hydrogen-bond donors (Lipinski definition) is 2. The van der Waals surface area contributed by atoms with Crippen molar-refractivity contribution in [2.24, 2.45) is 17.6 Å². The van der Waals surface area contributed by atoms with E-state index in [0.29, 0.717) is 23.8 Å². The molecule has 0 saturated heterocycles. The predicted octanol–water partition coefficient (Wildman–Crippen LogP) is 8.17. The van der Waals surface area contributed by atoms with Crippen molar-refractivity contribution in [2.45, 2.75) is 76.7 Å². The first kappa shape index (κ1) is 25.4. The summed E-state index contributed by atoms with van der Waals surface area (Å²) in [5.41, 5.74) is 14.1. The molecule has 6 rings (SSSR count). The van der Waals surface area contributed by atoms with Crippen molar-refractivity contribution in [1.82, 2.24) is 4.90 Å². The molecule has 3 unspecified atom stereocenters. The normalized spacial score (nSPS) is 24.3. The molecule has 3 aliphatic rings.